The zero-order valence-electron chi connectivity index (χ0n) is 8.51. The molecule has 0 rings (SSSR count). The van der Waals surface area contributed by atoms with Crippen LogP contribution in [0.1, 0.15) is 6.42 Å². The van der Waals surface area contributed by atoms with Gasteiger partial charge in [-0.2, -0.15) is 0 Å². The third-order valence-electron chi connectivity index (χ3n) is 1.48. The summed E-state index contributed by atoms with van der Waals surface area (Å²) in [6, 6.07) is -1.38. The third-order valence-corrected chi connectivity index (χ3v) is 2.42. The predicted molar refractivity (Wildman–Crippen MR) is 59.3 cm³/mol. The van der Waals surface area contributed by atoms with Gasteiger partial charge in [0.1, 0.15) is 6.04 Å². The van der Waals surface area contributed by atoms with Gasteiger partial charge in [0.25, 0.3) is 0 Å². The molecule has 0 heterocycles. The van der Waals surface area contributed by atoms with E-state index in [9.17, 15) is 14.4 Å². The summed E-state index contributed by atoms with van der Waals surface area (Å²) in [6.45, 7) is 3.46. The molecule has 6 nitrogen and oxygen atoms in total. The van der Waals surface area contributed by atoms with Gasteiger partial charge in [-0.15, -0.1) is 18.3 Å². The van der Waals surface area contributed by atoms with E-state index in [0.717, 1.165) is 0 Å². The monoisotopic (exact) mass is 247 g/mol. The second-order valence-electron chi connectivity index (χ2n) is 2.86. The van der Waals surface area contributed by atoms with Crippen molar-refractivity contribution >= 4 is 29.6 Å². The normalized spacial score (nSPS) is 11.5. The highest BCUT2D eigenvalue weighted by atomic mass is 32.2. The molecule has 1 amide bonds. The second-order valence-corrected chi connectivity index (χ2v) is 3.89. The zero-order valence-corrected chi connectivity index (χ0v) is 9.33. The molecule has 0 radical (unpaired) electrons. The topological polar surface area (TPSA) is 104 Å². The van der Waals surface area contributed by atoms with Crippen molar-refractivity contribution in [3.8, 4) is 0 Å². The van der Waals surface area contributed by atoms with E-state index in [1.807, 2.05) is 0 Å². The minimum atomic E-state index is -1.38. The number of amides is 1. The van der Waals surface area contributed by atoms with Crippen molar-refractivity contribution in [2.45, 2.75) is 12.5 Å². The van der Waals surface area contributed by atoms with E-state index in [0.29, 0.717) is 5.75 Å². The fraction of sp³-hybridized carbons (Fsp3) is 0.444. The van der Waals surface area contributed by atoms with E-state index < -0.39 is 30.3 Å². The number of rotatable bonds is 8. The van der Waals surface area contributed by atoms with Gasteiger partial charge in [-0.3, -0.25) is 9.59 Å². The molecular weight excluding hydrogens is 234 g/mol. The fourth-order valence-corrected chi connectivity index (χ4v) is 1.40. The number of carbonyl (C=O) groups is 3. The van der Waals surface area contributed by atoms with Crippen molar-refractivity contribution in [2.75, 3.05) is 11.5 Å². The summed E-state index contributed by atoms with van der Waals surface area (Å²) in [7, 11) is 0. The molecule has 0 bridgehead atoms. The summed E-state index contributed by atoms with van der Waals surface area (Å²) < 4.78 is 0. The summed E-state index contributed by atoms with van der Waals surface area (Å²) in [5.74, 6) is -2.48. The standard InChI is InChI=1S/C9H13NO5S/c1-2-3-16-5-7(11)10-6(9(14)15)4-8(12)13/h2,6H,1,3-5H2,(H,10,11)(H,12,13)(H,14,15). The first-order chi connectivity index (χ1) is 7.47. The average Bonchev–Trinajstić information content (AvgIpc) is 2.16. The van der Waals surface area contributed by atoms with Crippen LogP contribution in [0.2, 0.25) is 0 Å². The SMILES string of the molecule is C=CCSCC(=O)NC(CC(=O)O)C(=O)O. The number of carbonyl (C=O) groups excluding carboxylic acids is 1. The molecule has 0 spiro atoms. The summed E-state index contributed by atoms with van der Waals surface area (Å²) in [5, 5.41) is 19.2. The van der Waals surface area contributed by atoms with Gasteiger partial charge in [0, 0.05) is 5.75 Å². The van der Waals surface area contributed by atoms with E-state index in [1.165, 1.54) is 11.8 Å². The van der Waals surface area contributed by atoms with Crippen LogP contribution in [0.3, 0.4) is 0 Å². The Morgan fingerprint density at radius 1 is 1.38 bits per heavy atom. The highest BCUT2D eigenvalue weighted by molar-refractivity contribution is 8.00. The van der Waals surface area contributed by atoms with Gasteiger partial charge in [-0.25, -0.2) is 4.79 Å². The van der Waals surface area contributed by atoms with Crippen LogP contribution < -0.4 is 5.32 Å². The molecule has 0 fully saturated rings. The molecule has 0 aromatic rings. The van der Waals surface area contributed by atoms with E-state index >= 15 is 0 Å². The smallest absolute Gasteiger partial charge is 0.326 e. The summed E-state index contributed by atoms with van der Waals surface area (Å²) in [6.07, 6.45) is 0.983. The van der Waals surface area contributed by atoms with Gasteiger partial charge in [-0.05, 0) is 0 Å². The van der Waals surface area contributed by atoms with Crippen LogP contribution in [0.15, 0.2) is 12.7 Å². The Hall–Kier alpha value is -1.50. The first-order valence-electron chi connectivity index (χ1n) is 4.40. The Morgan fingerprint density at radius 2 is 2.00 bits per heavy atom. The number of carboxylic acids is 2. The van der Waals surface area contributed by atoms with Gasteiger partial charge in [0.2, 0.25) is 5.91 Å². The average molecular weight is 247 g/mol. The lowest BCUT2D eigenvalue weighted by atomic mass is 10.2. The number of carboxylic acid groups (broad SMARTS) is 2. The first kappa shape index (κ1) is 14.5. The quantitative estimate of drug-likeness (QED) is 0.410. The lowest BCUT2D eigenvalue weighted by Crippen LogP contribution is -2.43. The Bertz CT molecular complexity index is 292. The van der Waals surface area contributed by atoms with Crippen LogP contribution in [0.5, 0.6) is 0 Å². The maximum absolute atomic E-state index is 11.2. The van der Waals surface area contributed by atoms with Crippen LogP contribution in [0.25, 0.3) is 0 Å². The van der Waals surface area contributed by atoms with Crippen molar-refractivity contribution in [1.82, 2.24) is 5.32 Å². The maximum Gasteiger partial charge on any atom is 0.326 e. The molecule has 3 N–H and O–H groups in total. The Balaban J connectivity index is 4.08. The molecule has 7 heteroatoms. The van der Waals surface area contributed by atoms with Gasteiger partial charge >= 0.3 is 11.9 Å². The highest BCUT2D eigenvalue weighted by Gasteiger charge is 2.22. The van der Waals surface area contributed by atoms with Crippen LogP contribution in [-0.2, 0) is 14.4 Å². The molecule has 0 aliphatic carbocycles. The Kier molecular flexibility index (Phi) is 7.02. The van der Waals surface area contributed by atoms with Crippen molar-refractivity contribution in [3.05, 3.63) is 12.7 Å². The largest absolute Gasteiger partial charge is 0.481 e. The van der Waals surface area contributed by atoms with Crippen LogP contribution in [0.4, 0.5) is 0 Å². The molecule has 0 aliphatic rings. The second kappa shape index (κ2) is 7.75. The van der Waals surface area contributed by atoms with Crippen LogP contribution in [0, 0.1) is 0 Å². The molecule has 0 saturated heterocycles. The molecular formula is C9H13NO5S. The Labute approximate surface area is 96.7 Å². The molecule has 0 aliphatic heterocycles. The minimum absolute atomic E-state index is 0.0788. The predicted octanol–water partition coefficient (Wildman–Crippen LogP) is -0.0503. The first-order valence-corrected chi connectivity index (χ1v) is 5.55. The van der Waals surface area contributed by atoms with Crippen molar-refractivity contribution in [3.63, 3.8) is 0 Å². The zero-order chi connectivity index (χ0) is 12.6. The fourth-order valence-electron chi connectivity index (χ4n) is 0.846. The number of thioether (sulfide) groups is 1. The van der Waals surface area contributed by atoms with Crippen molar-refractivity contribution in [1.29, 1.82) is 0 Å². The van der Waals surface area contributed by atoms with Crippen LogP contribution >= 0.6 is 11.8 Å². The van der Waals surface area contributed by atoms with E-state index in [-0.39, 0.29) is 5.75 Å². The van der Waals surface area contributed by atoms with E-state index in [2.05, 4.69) is 11.9 Å². The maximum atomic E-state index is 11.2. The lowest BCUT2D eigenvalue weighted by molar-refractivity contribution is -0.147. The van der Waals surface area contributed by atoms with Crippen molar-refractivity contribution in [2.24, 2.45) is 0 Å². The number of hydrogen-bond donors (Lipinski definition) is 3. The number of nitrogens with one attached hydrogen (secondary N) is 1. The molecule has 16 heavy (non-hydrogen) atoms. The summed E-state index contributed by atoms with van der Waals surface area (Å²) >= 11 is 1.26. The van der Waals surface area contributed by atoms with Crippen molar-refractivity contribution < 1.29 is 24.6 Å². The Morgan fingerprint density at radius 3 is 2.44 bits per heavy atom. The summed E-state index contributed by atoms with van der Waals surface area (Å²) in [5.41, 5.74) is 0. The lowest BCUT2D eigenvalue weighted by Gasteiger charge is -2.11. The third kappa shape index (κ3) is 6.88. The van der Waals surface area contributed by atoms with Gasteiger partial charge in [-0.1, -0.05) is 6.08 Å². The van der Waals surface area contributed by atoms with Gasteiger partial charge in [0.15, 0.2) is 0 Å². The number of hydrogen-bond acceptors (Lipinski definition) is 4. The molecule has 0 saturated carbocycles. The summed E-state index contributed by atoms with van der Waals surface area (Å²) in [4.78, 5) is 32.1. The minimum Gasteiger partial charge on any atom is -0.481 e. The molecule has 0 aromatic heterocycles. The van der Waals surface area contributed by atoms with Crippen LogP contribution in [-0.4, -0.2) is 45.6 Å². The van der Waals surface area contributed by atoms with Gasteiger partial charge < -0.3 is 15.5 Å². The van der Waals surface area contributed by atoms with E-state index in [4.69, 9.17) is 10.2 Å². The highest BCUT2D eigenvalue weighted by Crippen LogP contribution is 2.00. The molecule has 1 unspecified atom stereocenters. The number of aliphatic carboxylic acids is 2. The van der Waals surface area contributed by atoms with Gasteiger partial charge in [0.05, 0.1) is 12.2 Å². The molecule has 0 aromatic carbocycles. The van der Waals surface area contributed by atoms with E-state index in [1.54, 1.807) is 6.08 Å². The molecule has 1 atom stereocenters. The molecule has 90 valence electrons.